The summed E-state index contributed by atoms with van der Waals surface area (Å²) >= 11 is 0. The van der Waals surface area contributed by atoms with Crippen LogP contribution in [0.15, 0.2) is 146 Å². The van der Waals surface area contributed by atoms with Crippen LogP contribution in [0.1, 0.15) is 33.4 Å². The first-order valence-corrected chi connectivity index (χ1v) is 16.1. The number of hydrogen-bond donors (Lipinski definition) is 0. The molecule has 0 aliphatic heterocycles. The van der Waals surface area contributed by atoms with Crippen LogP contribution >= 0.6 is 0 Å². The Morgan fingerprint density at radius 3 is 1.02 bits per heavy atom. The first kappa shape index (κ1) is 28.5. The van der Waals surface area contributed by atoms with Gasteiger partial charge in [-0.05, 0) is 140 Å². The highest BCUT2D eigenvalue weighted by Gasteiger charge is 2.06. The lowest BCUT2D eigenvalue weighted by molar-refractivity contribution is 0.484. The van der Waals surface area contributed by atoms with Crippen molar-refractivity contribution in [2.75, 3.05) is 0 Å². The summed E-state index contributed by atoms with van der Waals surface area (Å²) in [6.07, 6.45) is 8.70. The second-order valence-electron chi connectivity index (χ2n) is 12.5. The Bertz CT molecular complexity index is 2300. The first-order valence-electron chi connectivity index (χ1n) is 16.1. The summed E-state index contributed by atoms with van der Waals surface area (Å²) in [7, 11) is 0. The van der Waals surface area contributed by atoms with Gasteiger partial charge in [0.25, 0.3) is 0 Å². The molecule has 0 fully saturated rings. The average Bonchev–Trinajstić information content (AvgIpc) is 3.09. The van der Waals surface area contributed by atoms with Gasteiger partial charge in [-0.2, -0.15) is 0 Å². The maximum Gasteiger partial charge on any atom is 0.128 e. The minimum Gasteiger partial charge on any atom is -0.457 e. The molecule has 0 aromatic heterocycles. The summed E-state index contributed by atoms with van der Waals surface area (Å²) in [6, 6.07) is 52.2. The van der Waals surface area contributed by atoms with E-state index in [9.17, 15) is 0 Å². The molecule has 1 heteroatoms. The second-order valence-corrected chi connectivity index (χ2v) is 12.5. The summed E-state index contributed by atoms with van der Waals surface area (Å²) in [5, 5.41) is 9.61. The predicted molar refractivity (Wildman–Crippen MR) is 203 cm³/mol. The van der Waals surface area contributed by atoms with Crippen LogP contribution in [0, 0.1) is 13.8 Å². The molecule has 1 nitrogen and oxygen atoms in total. The third-order valence-electron chi connectivity index (χ3n) is 8.91. The number of rotatable bonds is 6. The molecule has 0 aliphatic rings. The Labute approximate surface area is 275 Å². The van der Waals surface area contributed by atoms with Gasteiger partial charge in [-0.3, -0.25) is 0 Å². The molecule has 8 aromatic rings. The molecule has 0 unspecified atom stereocenters. The number of fused-ring (bicyclic) bond motifs is 4. The lowest BCUT2D eigenvalue weighted by Gasteiger charge is -2.10. The summed E-state index contributed by atoms with van der Waals surface area (Å²) in [6.45, 7) is 4.23. The third-order valence-corrected chi connectivity index (χ3v) is 8.91. The second kappa shape index (κ2) is 12.1. The molecule has 0 saturated heterocycles. The van der Waals surface area contributed by atoms with Gasteiger partial charge in [0.2, 0.25) is 0 Å². The Morgan fingerprint density at radius 1 is 0.298 bits per heavy atom. The summed E-state index contributed by atoms with van der Waals surface area (Å²) in [5.41, 5.74) is 7.34. The van der Waals surface area contributed by atoms with Crippen LogP contribution in [0.4, 0.5) is 0 Å². The van der Waals surface area contributed by atoms with Crippen molar-refractivity contribution in [3.8, 4) is 11.5 Å². The Morgan fingerprint density at radius 2 is 0.617 bits per heavy atom. The van der Waals surface area contributed by atoms with Crippen molar-refractivity contribution in [1.82, 2.24) is 0 Å². The van der Waals surface area contributed by atoms with E-state index in [0.29, 0.717) is 0 Å². The molecule has 224 valence electrons. The number of aryl methyl sites for hydroxylation is 2. The highest BCUT2D eigenvalue weighted by atomic mass is 16.5. The van der Waals surface area contributed by atoms with Gasteiger partial charge in [0, 0.05) is 0 Å². The van der Waals surface area contributed by atoms with E-state index in [1.54, 1.807) is 0 Å². The van der Waals surface area contributed by atoms with Crippen molar-refractivity contribution >= 4 is 67.4 Å². The van der Waals surface area contributed by atoms with E-state index in [2.05, 4.69) is 184 Å². The van der Waals surface area contributed by atoms with Gasteiger partial charge in [0.05, 0.1) is 0 Å². The molecular weight excluding hydrogens is 569 g/mol. The molecule has 0 amide bonds. The van der Waals surface area contributed by atoms with Crippen LogP contribution in [0.25, 0.3) is 67.4 Å². The minimum atomic E-state index is 0.833. The van der Waals surface area contributed by atoms with Gasteiger partial charge in [-0.25, -0.2) is 0 Å². The third kappa shape index (κ3) is 6.30. The molecule has 0 bridgehead atoms. The van der Waals surface area contributed by atoms with Crippen molar-refractivity contribution in [2.24, 2.45) is 0 Å². The van der Waals surface area contributed by atoms with E-state index in [1.807, 2.05) is 0 Å². The zero-order chi connectivity index (χ0) is 31.7. The summed E-state index contributed by atoms with van der Waals surface area (Å²) in [4.78, 5) is 0. The van der Waals surface area contributed by atoms with Gasteiger partial charge < -0.3 is 4.74 Å². The van der Waals surface area contributed by atoms with E-state index < -0.39 is 0 Å². The summed E-state index contributed by atoms with van der Waals surface area (Å²) < 4.78 is 6.40. The highest BCUT2D eigenvalue weighted by molar-refractivity contribution is 6.01. The van der Waals surface area contributed by atoms with Crippen molar-refractivity contribution in [3.05, 3.63) is 179 Å². The Balaban J connectivity index is 1.02. The van der Waals surface area contributed by atoms with Crippen molar-refractivity contribution in [2.45, 2.75) is 13.8 Å². The lowest BCUT2D eigenvalue weighted by Crippen LogP contribution is -1.86. The molecule has 47 heavy (non-hydrogen) atoms. The maximum atomic E-state index is 6.40. The maximum absolute atomic E-state index is 6.40. The highest BCUT2D eigenvalue weighted by Crippen LogP contribution is 2.32. The largest absolute Gasteiger partial charge is 0.457 e. The number of hydrogen-bond acceptors (Lipinski definition) is 1. The van der Waals surface area contributed by atoms with Crippen LogP contribution in [-0.2, 0) is 0 Å². The van der Waals surface area contributed by atoms with Gasteiger partial charge in [-0.15, -0.1) is 0 Å². The lowest BCUT2D eigenvalue weighted by atomic mass is 10.0. The monoisotopic (exact) mass is 602 g/mol. The van der Waals surface area contributed by atoms with E-state index in [1.165, 1.54) is 65.7 Å². The molecular formula is C46H34O. The van der Waals surface area contributed by atoms with Crippen molar-refractivity contribution in [3.63, 3.8) is 0 Å². The normalized spacial score (nSPS) is 11.9. The Kier molecular flexibility index (Phi) is 7.36. The SMILES string of the molecule is Cc1ccc(C=Cc2ccc3cc4cc(Oc5ccc6cc7cc(C=Cc8ccc(C)cc8)ccc7cc6c5)ccc4cc3c2)cc1. The topological polar surface area (TPSA) is 9.23 Å². The van der Waals surface area contributed by atoms with Gasteiger partial charge >= 0.3 is 0 Å². The molecule has 8 rings (SSSR count). The van der Waals surface area contributed by atoms with Gasteiger partial charge in [0.15, 0.2) is 0 Å². The van der Waals surface area contributed by atoms with Crippen molar-refractivity contribution in [1.29, 1.82) is 0 Å². The molecule has 0 saturated carbocycles. The zero-order valence-electron chi connectivity index (χ0n) is 26.6. The average molecular weight is 603 g/mol. The molecule has 0 atom stereocenters. The molecule has 0 N–H and O–H groups in total. The van der Waals surface area contributed by atoms with E-state index in [4.69, 9.17) is 4.74 Å². The Hall–Kier alpha value is -5.92. The fraction of sp³-hybridized carbons (Fsp3) is 0.0435. The number of ether oxygens (including phenoxy) is 1. The van der Waals surface area contributed by atoms with E-state index in [-0.39, 0.29) is 0 Å². The van der Waals surface area contributed by atoms with Crippen LogP contribution < -0.4 is 4.74 Å². The fourth-order valence-corrected chi connectivity index (χ4v) is 6.20. The smallest absolute Gasteiger partial charge is 0.128 e. The van der Waals surface area contributed by atoms with Crippen LogP contribution in [0.3, 0.4) is 0 Å². The van der Waals surface area contributed by atoms with E-state index >= 15 is 0 Å². The van der Waals surface area contributed by atoms with Crippen LogP contribution in [-0.4, -0.2) is 0 Å². The van der Waals surface area contributed by atoms with Crippen LogP contribution in [0.2, 0.25) is 0 Å². The van der Waals surface area contributed by atoms with Gasteiger partial charge in [0.1, 0.15) is 11.5 Å². The minimum absolute atomic E-state index is 0.833. The van der Waals surface area contributed by atoms with Crippen molar-refractivity contribution < 1.29 is 4.74 Å². The predicted octanol–water partition coefficient (Wildman–Crippen LogP) is 13.0. The fourth-order valence-electron chi connectivity index (χ4n) is 6.20. The van der Waals surface area contributed by atoms with E-state index in [0.717, 1.165) is 22.3 Å². The molecule has 0 heterocycles. The summed E-state index contributed by atoms with van der Waals surface area (Å²) in [5.74, 6) is 1.67. The standard InChI is InChI=1S/C46H34O/c1-31-3-7-33(8-4-31)11-13-35-15-17-37-27-43-29-45(21-19-39(43)25-41(37)23-35)47-46-22-20-40-26-42-24-36(16-18-38(42)28-44(40)30-46)14-12-34-9-5-32(2)6-10-34/h3-30H,1-2H3. The molecule has 0 radical (unpaired) electrons. The van der Waals surface area contributed by atoms with Crippen LogP contribution in [0.5, 0.6) is 11.5 Å². The van der Waals surface area contributed by atoms with Gasteiger partial charge in [-0.1, -0.05) is 120 Å². The molecule has 8 aromatic carbocycles. The zero-order valence-corrected chi connectivity index (χ0v) is 26.6. The molecule has 0 spiro atoms. The first-order chi connectivity index (χ1) is 23.0. The molecule has 0 aliphatic carbocycles. The quantitative estimate of drug-likeness (QED) is 0.136. The number of benzene rings is 8.